The molecule has 2 N–H and O–H groups in total. The number of ether oxygens (including phenoxy) is 1. The molecule has 130 valence electrons. The molecule has 0 saturated heterocycles. The quantitative estimate of drug-likeness (QED) is 0.407. The van der Waals surface area contributed by atoms with Gasteiger partial charge in [-0.25, -0.2) is 4.99 Å². The van der Waals surface area contributed by atoms with Crippen LogP contribution in [0.15, 0.2) is 23.2 Å². The standard InChI is InChI=1S/C16H26N4O2.HI/c1-6-17-16(19-11-15(21)20(3)4)18-10-13-7-12(2)8-14(9-13)22-5;/h7-9H,6,10-11H2,1-5H3,(H2,17,18,19);1H. The Morgan fingerprint density at radius 1 is 1.26 bits per heavy atom. The number of aryl methyl sites for hydroxylation is 1. The van der Waals surface area contributed by atoms with Gasteiger partial charge in [0.1, 0.15) is 5.75 Å². The smallest absolute Gasteiger partial charge is 0.241 e. The molecule has 7 heteroatoms. The Bertz CT molecular complexity index is 533. The average Bonchev–Trinajstić information content (AvgIpc) is 2.48. The molecule has 6 nitrogen and oxygen atoms in total. The number of benzene rings is 1. The van der Waals surface area contributed by atoms with Crippen LogP contribution in [0.2, 0.25) is 0 Å². The van der Waals surface area contributed by atoms with E-state index in [-0.39, 0.29) is 36.4 Å². The van der Waals surface area contributed by atoms with Crippen molar-refractivity contribution in [1.29, 1.82) is 0 Å². The van der Waals surface area contributed by atoms with E-state index in [0.717, 1.165) is 23.4 Å². The van der Waals surface area contributed by atoms with E-state index in [4.69, 9.17) is 4.74 Å². The van der Waals surface area contributed by atoms with Crippen molar-refractivity contribution in [3.05, 3.63) is 29.3 Å². The van der Waals surface area contributed by atoms with Gasteiger partial charge in [-0.05, 0) is 37.1 Å². The van der Waals surface area contributed by atoms with E-state index < -0.39 is 0 Å². The third kappa shape index (κ3) is 8.06. The molecule has 0 saturated carbocycles. The summed E-state index contributed by atoms with van der Waals surface area (Å²) in [7, 11) is 5.11. The van der Waals surface area contributed by atoms with Crippen LogP contribution in [0, 0.1) is 6.92 Å². The van der Waals surface area contributed by atoms with E-state index in [1.54, 1.807) is 26.1 Å². The van der Waals surface area contributed by atoms with Crippen LogP contribution in [0.1, 0.15) is 18.1 Å². The highest BCUT2D eigenvalue weighted by atomic mass is 127. The minimum atomic E-state index is 0. The van der Waals surface area contributed by atoms with Crippen LogP contribution in [0.4, 0.5) is 0 Å². The molecule has 0 heterocycles. The van der Waals surface area contributed by atoms with E-state index in [1.165, 1.54) is 0 Å². The van der Waals surface area contributed by atoms with Gasteiger partial charge in [-0.2, -0.15) is 0 Å². The van der Waals surface area contributed by atoms with Crippen molar-refractivity contribution in [3.63, 3.8) is 0 Å². The van der Waals surface area contributed by atoms with E-state index in [9.17, 15) is 4.79 Å². The summed E-state index contributed by atoms with van der Waals surface area (Å²) in [5.74, 6) is 1.45. The van der Waals surface area contributed by atoms with Crippen molar-refractivity contribution in [1.82, 2.24) is 15.5 Å². The predicted octanol–water partition coefficient (Wildman–Crippen LogP) is 1.76. The van der Waals surface area contributed by atoms with E-state index in [0.29, 0.717) is 12.5 Å². The van der Waals surface area contributed by atoms with Crippen molar-refractivity contribution < 1.29 is 9.53 Å². The number of hydrogen-bond donors (Lipinski definition) is 2. The van der Waals surface area contributed by atoms with Crippen LogP contribution < -0.4 is 15.4 Å². The molecule has 1 aromatic carbocycles. The molecule has 0 aliphatic rings. The highest BCUT2D eigenvalue weighted by Crippen LogP contribution is 2.16. The zero-order valence-electron chi connectivity index (χ0n) is 14.5. The summed E-state index contributed by atoms with van der Waals surface area (Å²) in [6.45, 7) is 5.48. The number of methoxy groups -OCH3 is 1. The van der Waals surface area contributed by atoms with Crippen molar-refractivity contribution in [2.45, 2.75) is 20.4 Å². The van der Waals surface area contributed by atoms with Gasteiger partial charge in [-0.3, -0.25) is 4.79 Å². The zero-order chi connectivity index (χ0) is 16.5. The molecule has 23 heavy (non-hydrogen) atoms. The van der Waals surface area contributed by atoms with Crippen LogP contribution >= 0.6 is 24.0 Å². The first kappa shape index (κ1) is 21.5. The number of nitrogens with zero attached hydrogens (tertiary/aromatic N) is 2. The molecule has 0 unspecified atom stereocenters. The summed E-state index contributed by atoms with van der Waals surface area (Å²) < 4.78 is 5.27. The number of carbonyl (C=O) groups is 1. The van der Waals surface area contributed by atoms with Crippen LogP contribution in [0.3, 0.4) is 0 Å². The molecular weight excluding hydrogens is 407 g/mol. The molecule has 0 radical (unpaired) electrons. The molecule has 0 fully saturated rings. The maximum absolute atomic E-state index is 11.6. The lowest BCUT2D eigenvalue weighted by atomic mass is 10.1. The van der Waals surface area contributed by atoms with E-state index in [2.05, 4.69) is 21.7 Å². The fraction of sp³-hybridized carbons (Fsp3) is 0.500. The third-order valence-electron chi connectivity index (χ3n) is 3.02. The van der Waals surface area contributed by atoms with Gasteiger partial charge in [-0.1, -0.05) is 6.07 Å². The molecule has 1 rings (SSSR count). The number of amides is 1. The molecule has 0 aromatic heterocycles. The summed E-state index contributed by atoms with van der Waals surface area (Å²) in [5.41, 5.74) is 2.19. The minimum absolute atomic E-state index is 0. The van der Waals surface area contributed by atoms with Crippen molar-refractivity contribution >= 4 is 35.8 Å². The van der Waals surface area contributed by atoms with Gasteiger partial charge in [0.15, 0.2) is 5.96 Å². The van der Waals surface area contributed by atoms with Crippen molar-refractivity contribution in [2.75, 3.05) is 34.3 Å². The summed E-state index contributed by atoms with van der Waals surface area (Å²) >= 11 is 0. The van der Waals surface area contributed by atoms with Gasteiger partial charge in [-0.15, -0.1) is 24.0 Å². The summed E-state index contributed by atoms with van der Waals surface area (Å²) in [4.78, 5) is 17.7. The van der Waals surface area contributed by atoms with Gasteiger partial charge < -0.3 is 20.3 Å². The Morgan fingerprint density at radius 3 is 2.52 bits per heavy atom. The second-order valence-electron chi connectivity index (χ2n) is 5.20. The lowest BCUT2D eigenvalue weighted by molar-refractivity contribution is -0.127. The lowest BCUT2D eigenvalue weighted by Gasteiger charge is -2.14. The monoisotopic (exact) mass is 434 g/mol. The first-order valence-corrected chi connectivity index (χ1v) is 7.33. The molecular formula is C16H27IN4O2. The second kappa shape index (κ2) is 11.1. The number of nitrogens with one attached hydrogen (secondary N) is 2. The molecule has 0 aliphatic carbocycles. The normalized spacial score (nSPS) is 10.6. The Morgan fingerprint density at radius 2 is 1.96 bits per heavy atom. The molecule has 0 spiro atoms. The van der Waals surface area contributed by atoms with Crippen LogP contribution in [-0.4, -0.2) is 51.1 Å². The van der Waals surface area contributed by atoms with Crippen LogP contribution in [0.25, 0.3) is 0 Å². The average molecular weight is 434 g/mol. The topological polar surface area (TPSA) is 66.0 Å². The molecule has 1 aromatic rings. The van der Waals surface area contributed by atoms with Gasteiger partial charge >= 0.3 is 0 Å². The highest BCUT2D eigenvalue weighted by Gasteiger charge is 2.05. The molecule has 0 bridgehead atoms. The number of hydrogen-bond acceptors (Lipinski definition) is 3. The molecule has 0 atom stereocenters. The fourth-order valence-corrected chi connectivity index (χ4v) is 1.86. The number of halogens is 1. The molecule has 0 aliphatic heterocycles. The minimum Gasteiger partial charge on any atom is -0.497 e. The van der Waals surface area contributed by atoms with Crippen LogP contribution in [0.5, 0.6) is 5.75 Å². The van der Waals surface area contributed by atoms with Gasteiger partial charge in [0.05, 0.1) is 20.2 Å². The van der Waals surface area contributed by atoms with Gasteiger partial charge in [0.2, 0.25) is 5.91 Å². The van der Waals surface area contributed by atoms with Gasteiger partial charge in [0.25, 0.3) is 0 Å². The zero-order valence-corrected chi connectivity index (χ0v) is 16.8. The summed E-state index contributed by atoms with van der Waals surface area (Å²) in [6.07, 6.45) is 0. The highest BCUT2D eigenvalue weighted by molar-refractivity contribution is 14.0. The first-order valence-electron chi connectivity index (χ1n) is 7.33. The third-order valence-corrected chi connectivity index (χ3v) is 3.02. The summed E-state index contributed by atoms with van der Waals surface area (Å²) in [5, 5.41) is 6.16. The van der Waals surface area contributed by atoms with Crippen LogP contribution in [-0.2, 0) is 11.3 Å². The van der Waals surface area contributed by atoms with Crippen molar-refractivity contribution in [2.24, 2.45) is 4.99 Å². The number of rotatable bonds is 6. The number of likely N-dealkylation sites (N-methyl/N-ethyl adjacent to an activating group) is 1. The first-order chi connectivity index (χ1) is 10.5. The predicted molar refractivity (Wildman–Crippen MR) is 105 cm³/mol. The number of carbonyl (C=O) groups excluding carboxylic acids is 1. The lowest BCUT2D eigenvalue weighted by Crippen LogP contribution is -2.42. The maximum Gasteiger partial charge on any atom is 0.241 e. The molecule has 1 amide bonds. The Kier molecular flexibility index (Phi) is 10.4. The van der Waals surface area contributed by atoms with E-state index in [1.807, 2.05) is 26.0 Å². The Balaban J connectivity index is 0.00000484. The number of guanidine groups is 1. The summed E-state index contributed by atoms with van der Waals surface area (Å²) in [6, 6.07) is 6.01. The van der Waals surface area contributed by atoms with Crippen molar-refractivity contribution in [3.8, 4) is 5.75 Å². The SMILES string of the molecule is CCNC(=NCc1cc(C)cc(OC)c1)NCC(=O)N(C)C.I. The van der Waals surface area contributed by atoms with E-state index >= 15 is 0 Å². The fourth-order valence-electron chi connectivity index (χ4n) is 1.86. The van der Waals surface area contributed by atoms with Gasteiger partial charge in [0, 0.05) is 20.6 Å². The Labute approximate surface area is 155 Å². The maximum atomic E-state index is 11.6. The Hall–Kier alpha value is -1.51. The second-order valence-corrected chi connectivity index (χ2v) is 5.20. The number of aliphatic imine (C=N–C) groups is 1. The largest absolute Gasteiger partial charge is 0.497 e.